The molecule has 0 aliphatic carbocycles. The summed E-state index contributed by atoms with van der Waals surface area (Å²) in [4.78, 5) is 4.38. The third kappa shape index (κ3) is 2.40. The predicted octanol–water partition coefficient (Wildman–Crippen LogP) is 3.69. The van der Waals surface area contributed by atoms with Gasteiger partial charge in [0, 0.05) is 11.9 Å². The first kappa shape index (κ1) is 10.7. The van der Waals surface area contributed by atoms with Crippen LogP contribution in [0.5, 0.6) is 0 Å². The molecule has 0 saturated heterocycles. The molecule has 2 rings (SSSR count). The first-order valence-corrected chi connectivity index (χ1v) is 6.08. The molecule has 0 aliphatic rings. The summed E-state index contributed by atoms with van der Waals surface area (Å²) >= 11 is 3.41. The van der Waals surface area contributed by atoms with Crippen LogP contribution in [0.3, 0.4) is 0 Å². The average Bonchev–Trinajstić information content (AvgIpc) is 2.55. The topological polar surface area (TPSA) is 17.3 Å². The predicted molar refractivity (Wildman–Crippen MR) is 66.1 cm³/mol. The quantitative estimate of drug-likeness (QED) is 0.829. The van der Waals surface area contributed by atoms with Crippen LogP contribution in [0, 0.1) is 5.92 Å². The maximum atomic E-state index is 4.38. The van der Waals surface area contributed by atoms with Crippen molar-refractivity contribution in [3.05, 3.63) is 34.7 Å². The summed E-state index contributed by atoms with van der Waals surface area (Å²) in [6, 6.07) is 6.28. The van der Waals surface area contributed by atoms with Crippen molar-refractivity contribution in [2.45, 2.75) is 26.7 Å². The van der Waals surface area contributed by atoms with E-state index in [9.17, 15) is 0 Å². The average molecular weight is 267 g/mol. The van der Waals surface area contributed by atoms with Crippen LogP contribution in [0.4, 0.5) is 0 Å². The van der Waals surface area contributed by atoms with Gasteiger partial charge in [0.15, 0.2) is 0 Å². The highest BCUT2D eigenvalue weighted by Crippen LogP contribution is 2.15. The SMILES string of the molecule is CC(C)CCc1cccc2nc(Br)cn12. The highest BCUT2D eigenvalue weighted by atomic mass is 79.9. The molecule has 0 aliphatic heterocycles. The molecular weight excluding hydrogens is 252 g/mol. The fourth-order valence-corrected chi connectivity index (χ4v) is 2.06. The molecule has 0 fully saturated rings. The Hall–Kier alpha value is -0.830. The third-order valence-corrected chi connectivity index (χ3v) is 2.91. The number of nitrogens with zero attached hydrogens (tertiary/aromatic N) is 2. The van der Waals surface area contributed by atoms with E-state index in [2.05, 4.69) is 51.3 Å². The van der Waals surface area contributed by atoms with Gasteiger partial charge in [-0.05, 0) is 46.8 Å². The van der Waals surface area contributed by atoms with Crippen LogP contribution in [-0.2, 0) is 6.42 Å². The Balaban J connectivity index is 2.33. The van der Waals surface area contributed by atoms with E-state index < -0.39 is 0 Å². The fraction of sp³-hybridized carbons (Fsp3) is 0.417. The van der Waals surface area contributed by atoms with Crippen LogP contribution in [0.15, 0.2) is 29.0 Å². The summed E-state index contributed by atoms with van der Waals surface area (Å²) in [5.74, 6) is 0.743. The van der Waals surface area contributed by atoms with Crippen molar-refractivity contribution in [3.63, 3.8) is 0 Å². The molecule has 15 heavy (non-hydrogen) atoms. The largest absolute Gasteiger partial charge is 0.303 e. The Morgan fingerprint density at radius 3 is 2.93 bits per heavy atom. The van der Waals surface area contributed by atoms with E-state index in [1.54, 1.807) is 0 Å². The monoisotopic (exact) mass is 266 g/mol. The molecular formula is C12H15BrN2. The molecule has 0 bridgehead atoms. The first-order valence-electron chi connectivity index (χ1n) is 5.29. The number of aromatic nitrogens is 2. The van der Waals surface area contributed by atoms with E-state index in [-0.39, 0.29) is 0 Å². The van der Waals surface area contributed by atoms with Crippen molar-refractivity contribution in [2.75, 3.05) is 0 Å². The summed E-state index contributed by atoms with van der Waals surface area (Å²) in [5.41, 5.74) is 2.35. The lowest BCUT2D eigenvalue weighted by molar-refractivity contribution is 0.579. The highest BCUT2D eigenvalue weighted by Gasteiger charge is 2.04. The molecule has 0 N–H and O–H groups in total. The second kappa shape index (κ2) is 4.35. The minimum Gasteiger partial charge on any atom is -0.303 e. The highest BCUT2D eigenvalue weighted by molar-refractivity contribution is 9.10. The maximum Gasteiger partial charge on any atom is 0.138 e. The van der Waals surface area contributed by atoms with Gasteiger partial charge >= 0.3 is 0 Å². The maximum absolute atomic E-state index is 4.38. The number of halogens is 1. The number of fused-ring (bicyclic) bond motifs is 1. The van der Waals surface area contributed by atoms with Gasteiger partial charge in [-0.2, -0.15) is 0 Å². The van der Waals surface area contributed by atoms with Gasteiger partial charge in [-0.3, -0.25) is 0 Å². The van der Waals surface area contributed by atoms with Crippen molar-refractivity contribution >= 4 is 21.6 Å². The van der Waals surface area contributed by atoms with Crippen LogP contribution in [-0.4, -0.2) is 9.38 Å². The molecule has 0 aromatic carbocycles. The molecule has 2 heterocycles. The second-order valence-electron chi connectivity index (χ2n) is 4.24. The van der Waals surface area contributed by atoms with E-state index in [1.165, 1.54) is 12.1 Å². The fourth-order valence-electron chi connectivity index (χ4n) is 1.68. The zero-order valence-corrected chi connectivity index (χ0v) is 10.7. The van der Waals surface area contributed by atoms with Crippen LogP contribution in [0.25, 0.3) is 5.65 Å². The number of imidazole rings is 1. The molecule has 0 atom stereocenters. The van der Waals surface area contributed by atoms with E-state index in [4.69, 9.17) is 0 Å². The van der Waals surface area contributed by atoms with Crippen LogP contribution < -0.4 is 0 Å². The molecule has 2 nitrogen and oxygen atoms in total. The zero-order valence-electron chi connectivity index (χ0n) is 9.07. The van der Waals surface area contributed by atoms with E-state index in [0.717, 1.165) is 22.6 Å². The van der Waals surface area contributed by atoms with Gasteiger partial charge in [0.05, 0.1) is 0 Å². The molecule has 0 amide bonds. The molecule has 3 heteroatoms. The minimum absolute atomic E-state index is 0.743. The lowest BCUT2D eigenvalue weighted by Crippen LogP contribution is -1.98. The Morgan fingerprint density at radius 2 is 2.20 bits per heavy atom. The Labute approximate surface area is 98.5 Å². The Morgan fingerprint density at radius 1 is 1.40 bits per heavy atom. The lowest BCUT2D eigenvalue weighted by Gasteiger charge is -2.06. The van der Waals surface area contributed by atoms with Crippen molar-refractivity contribution in [1.29, 1.82) is 0 Å². The van der Waals surface area contributed by atoms with Crippen LogP contribution in [0.1, 0.15) is 26.0 Å². The summed E-state index contributed by atoms with van der Waals surface area (Å²) in [7, 11) is 0. The molecule has 0 spiro atoms. The second-order valence-corrected chi connectivity index (χ2v) is 5.05. The molecule has 0 unspecified atom stereocenters. The van der Waals surface area contributed by atoms with Crippen LogP contribution >= 0.6 is 15.9 Å². The normalized spacial score (nSPS) is 11.5. The molecule has 2 aromatic rings. The number of hydrogen-bond acceptors (Lipinski definition) is 1. The zero-order chi connectivity index (χ0) is 10.8. The molecule has 0 radical (unpaired) electrons. The lowest BCUT2D eigenvalue weighted by atomic mass is 10.1. The van der Waals surface area contributed by atoms with E-state index in [1.807, 2.05) is 12.3 Å². The first-order chi connectivity index (χ1) is 7.16. The number of hydrogen-bond donors (Lipinski definition) is 0. The molecule has 0 saturated carbocycles. The summed E-state index contributed by atoms with van der Waals surface area (Å²) in [6.07, 6.45) is 4.36. The van der Waals surface area contributed by atoms with Crippen molar-refractivity contribution in [1.82, 2.24) is 9.38 Å². The van der Waals surface area contributed by atoms with E-state index >= 15 is 0 Å². The van der Waals surface area contributed by atoms with Crippen LogP contribution in [0.2, 0.25) is 0 Å². The van der Waals surface area contributed by atoms with Crippen molar-refractivity contribution < 1.29 is 0 Å². The molecule has 2 aromatic heterocycles. The summed E-state index contributed by atoms with van der Waals surface area (Å²) in [6.45, 7) is 4.51. The number of rotatable bonds is 3. The van der Waals surface area contributed by atoms with Crippen molar-refractivity contribution in [2.24, 2.45) is 5.92 Å². The number of pyridine rings is 1. The third-order valence-electron chi connectivity index (χ3n) is 2.52. The minimum atomic E-state index is 0.743. The number of aryl methyl sites for hydroxylation is 1. The van der Waals surface area contributed by atoms with Gasteiger partial charge in [-0.1, -0.05) is 19.9 Å². The van der Waals surface area contributed by atoms with Gasteiger partial charge in [0.25, 0.3) is 0 Å². The van der Waals surface area contributed by atoms with Gasteiger partial charge in [0.1, 0.15) is 10.3 Å². The van der Waals surface area contributed by atoms with Crippen molar-refractivity contribution in [3.8, 4) is 0 Å². The Kier molecular flexibility index (Phi) is 3.10. The van der Waals surface area contributed by atoms with Gasteiger partial charge in [-0.25, -0.2) is 4.98 Å². The summed E-state index contributed by atoms with van der Waals surface area (Å²) in [5, 5.41) is 0. The summed E-state index contributed by atoms with van der Waals surface area (Å²) < 4.78 is 3.06. The smallest absolute Gasteiger partial charge is 0.138 e. The molecule has 80 valence electrons. The Bertz CT molecular complexity index is 460. The van der Waals surface area contributed by atoms with Gasteiger partial charge in [-0.15, -0.1) is 0 Å². The van der Waals surface area contributed by atoms with E-state index in [0.29, 0.717) is 0 Å². The van der Waals surface area contributed by atoms with Gasteiger partial charge in [0.2, 0.25) is 0 Å². The van der Waals surface area contributed by atoms with Gasteiger partial charge < -0.3 is 4.40 Å². The standard InChI is InChI=1S/C12H15BrN2/c1-9(2)6-7-10-4-3-5-12-14-11(13)8-15(10)12/h3-5,8-9H,6-7H2,1-2H3.